The molecule has 1 aliphatic heterocycles. The molecule has 0 bridgehead atoms. The largest absolute Gasteiger partial charge is 0.378 e. The lowest BCUT2D eigenvalue weighted by Gasteiger charge is -2.39. The first kappa shape index (κ1) is 21.6. The topological polar surface area (TPSA) is 41.5 Å². The Hall–Kier alpha value is -2.12. The van der Waals surface area contributed by atoms with Gasteiger partial charge in [0.05, 0.1) is 12.3 Å². The highest BCUT2D eigenvalue weighted by atomic mass is 19.1. The Morgan fingerprint density at radius 3 is 2.34 bits per heavy atom. The van der Waals surface area contributed by atoms with E-state index in [0.29, 0.717) is 12.2 Å². The van der Waals surface area contributed by atoms with Crippen LogP contribution in [0.4, 0.5) is 14.6 Å². The number of anilines is 1. The number of piperazine rings is 1. The van der Waals surface area contributed by atoms with Crippen molar-refractivity contribution in [1.82, 2.24) is 14.9 Å². The Labute approximate surface area is 171 Å². The highest BCUT2D eigenvalue weighted by Gasteiger charge is 2.26. The predicted octanol–water partition coefficient (Wildman–Crippen LogP) is 4.08. The normalized spacial score (nSPS) is 16.9. The van der Waals surface area contributed by atoms with Gasteiger partial charge in [-0.2, -0.15) is 0 Å². The summed E-state index contributed by atoms with van der Waals surface area (Å²) in [6.45, 7) is 11.8. The van der Waals surface area contributed by atoms with E-state index in [0.717, 1.165) is 49.6 Å². The highest BCUT2D eigenvalue weighted by Crippen LogP contribution is 2.27. The molecule has 1 aliphatic rings. The standard InChI is InChI=1S/C22H30F2N4O/c1-15(18-7-6-16(23)12-19(18)24)27-8-10-28(11-9-27)20-13-17(14-29-5)25-21(26-20)22(2,3)4/h6-7,12-13,15H,8-11,14H2,1-5H3. The van der Waals surface area contributed by atoms with Crippen molar-refractivity contribution in [3.8, 4) is 0 Å². The maximum atomic E-state index is 14.2. The van der Waals surface area contributed by atoms with Gasteiger partial charge in [0.15, 0.2) is 0 Å². The molecule has 2 aromatic rings. The maximum Gasteiger partial charge on any atom is 0.136 e. The van der Waals surface area contributed by atoms with E-state index in [2.05, 4.69) is 35.6 Å². The van der Waals surface area contributed by atoms with E-state index >= 15 is 0 Å². The van der Waals surface area contributed by atoms with E-state index in [1.165, 1.54) is 6.07 Å². The maximum absolute atomic E-state index is 14.2. The SMILES string of the molecule is COCc1cc(N2CCN(C(C)c3ccc(F)cc3F)CC2)nc(C(C)(C)C)n1. The summed E-state index contributed by atoms with van der Waals surface area (Å²) in [6.07, 6.45) is 0. The molecule has 5 nitrogen and oxygen atoms in total. The van der Waals surface area contributed by atoms with Crippen LogP contribution in [0.15, 0.2) is 24.3 Å². The molecule has 1 aromatic carbocycles. The first-order chi connectivity index (χ1) is 13.7. The number of halogens is 2. The Morgan fingerprint density at radius 1 is 1.07 bits per heavy atom. The van der Waals surface area contributed by atoms with Crippen molar-refractivity contribution >= 4 is 5.82 Å². The fraction of sp³-hybridized carbons (Fsp3) is 0.545. The number of benzene rings is 1. The number of methoxy groups -OCH3 is 1. The number of aromatic nitrogens is 2. The number of hydrogen-bond donors (Lipinski definition) is 0. The van der Waals surface area contributed by atoms with Crippen LogP contribution in [-0.2, 0) is 16.8 Å². The van der Waals surface area contributed by atoms with E-state index in [1.807, 2.05) is 13.0 Å². The number of hydrogen-bond acceptors (Lipinski definition) is 5. The van der Waals surface area contributed by atoms with E-state index < -0.39 is 11.6 Å². The third-order valence-corrected chi connectivity index (χ3v) is 5.33. The van der Waals surface area contributed by atoms with Gasteiger partial charge in [-0.25, -0.2) is 18.7 Å². The van der Waals surface area contributed by atoms with E-state index in [-0.39, 0.29) is 11.5 Å². The summed E-state index contributed by atoms with van der Waals surface area (Å²) in [7, 11) is 1.66. The van der Waals surface area contributed by atoms with Gasteiger partial charge in [0.2, 0.25) is 0 Å². The Morgan fingerprint density at radius 2 is 1.76 bits per heavy atom. The number of rotatable bonds is 5. The van der Waals surface area contributed by atoms with Gasteiger partial charge in [-0.3, -0.25) is 4.90 Å². The molecule has 1 fully saturated rings. The van der Waals surface area contributed by atoms with Crippen LogP contribution in [0.5, 0.6) is 0 Å². The van der Waals surface area contributed by atoms with Gasteiger partial charge >= 0.3 is 0 Å². The van der Waals surface area contributed by atoms with Crippen molar-refractivity contribution in [2.45, 2.75) is 45.8 Å². The summed E-state index contributed by atoms with van der Waals surface area (Å²) in [5.74, 6) is 0.659. The third kappa shape index (κ3) is 5.08. The van der Waals surface area contributed by atoms with Gasteiger partial charge in [-0.1, -0.05) is 26.8 Å². The molecule has 29 heavy (non-hydrogen) atoms. The van der Waals surface area contributed by atoms with Gasteiger partial charge in [-0.15, -0.1) is 0 Å². The monoisotopic (exact) mass is 404 g/mol. The molecule has 1 aromatic heterocycles. The quantitative estimate of drug-likeness (QED) is 0.751. The lowest BCUT2D eigenvalue weighted by Crippen LogP contribution is -2.47. The molecule has 0 amide bonds. The van der Waals surface area contributed by atoms with Crippen LogP contribution >= 0.6 is 0 Å². The Kier molecular flexibility index (Phi) is 6.49. The molecule has 0 radical (unpaired) electrons. The molecular formula is C22H30F2N4O. The predicted molar refractivity (Wildman–Crippen MR) is 110 cm³/mol. The second kappa shape index (κ2) is 8.71. The zero-order valence-corrected chi connectivity index (χ0v) is 17.9. The molecule has 2 heterocycles. The molecular weight excluding hydrogens is 374 g/mol. The van der Waals surface area contributed by atoms with Crippen molar-refractivity contribution in [3.05, 3.63) is 53.0 Å². The second-order valence-corrected chi connectivity index (χ2v) is 8.59. The molecule has 0 N–H and O–H groups in total. The minimum absolute atomic E-state index is 0.114. The van der Waals surface area contributed by atoms with Crippen LogP contribution in [0.25, 0.3) is 0 Å². The zero-order valence-electron chi connectivity index (χ0n) is 17.9. The Bertz CT molecular complexity index is 845. The van der Waals surface area contributed by atoms with Gasteiger partial charge in [0.1, 0.15) is 23.3 Å². The van der Waals surface area contributed by atoms with E-state index in [4.69, 9.17) is 9.72 Å². The molecule has 158 valence electrons. The van der Waals surface area contributed by atoms with Crippen LogP contribution in [0.1, 0.15) is 50.8 Å². The summed E-state index contributed by atoms with van der Waals surface area (Å²) in [5.41, 5.74) is 1.24. The summed E-state index contributed by atoms with van der Waals surface area (Å²) in [4.78, 5) is 13.9. The lowest BCUT2D eigenvalue weighted by atomic mass is 9.95. The van der Waals surface area contributed by atoms with Gasteiger partial charge in [0.25, 0.3) is 0 Å². The molecule has 1 atom stereocenters. The summed E-state index contributed by atoms with van der Waals surface area (Å²) in [5, 5.41) is 0. The van der Waals surface area contributed by atoms with Crippen molar-refractivity contribution in [3.63, 3.8) is 0 Å². The van der Waals surface area contributed by atoms with E-state index in [1.54, 1.807) is 13.2 Å². The molecule has 1 saturated heterocycles. The summed E-state index contributed by atoms with van der Waals surface area (Å²) in [6, 6.07) is 5.68. The summed E-state index contributed by atoms with van der Waals surface area (Å²) < 4.78 is 32.7. The zero-order chi connectivity index (χ0) is 21.2. The Balaban J connectivity index is 1.74. The smallest absolute Gasteiger partial charge is 0.136 e. The fourth-order valence-corrected chi connectivity index (χ4v) is 3.58. The van der Waals surface area contributed by atoms with Crippen molar-refractivity contribution < 1.29 is 13.5 Å². The highest BCUT2D eigenvalue weighted by molar-refractivity contribution is 5.41. The number of ether oxygens (including phenoxy) is 1. The van der Waals surface area contributed by atoms with Crippen molar-refractivity contribution in [2.75, 3.05) is 38.2 Å². The molecule has 0 aliphatic carbocycles. The molecule has 0 spiro atoms. The van der Waals surface area contributed by atoms with Crippen LogP contribution < -0.4 is 4.90 Å². The lowest BCUT2D eigenvalue weighted by molar-refractivity contribution is 0.180. The fourth-order valence-electron chi connectivity index (χ4n) is 3.58. The minimum atomic E-state index is -0.548. The first-order valence-electron chi connectivity index (χ1n) is 10.0. The average Bonchev–Trinajstić information content (AvgIpc) is 2.67. The second-order valence-electron chi connectivity index (χ2n) is 8.59. The number of nitrogens with zero attached hydrogens (tertiary/aromatic N) is 4. The molecule has 1 unspecified atom stereocenters. The summed E-state index contributed by atoms with van der Waals surface area (Å²) >= 11 is 0. The molecule has 3 rings (SSSR count). The van der Waals surface area contributed by atoms with Gasteiger partial charge < -0.3 is 9.64 Å². The van der Waals surface area contributed by atoms with Crippen LogP contribution in [0.2, 0.25) is 0 Å². The third-order valence-electron chi connectivity index (χ3n) is 5.33. The van der Waals surface area contributed by atoms with Crippen LogP contribution in [-0.4, -0.2) is 48.2 Å². The first-order valence-corrected chi connectivity index (χ1v) is 10.0. The molecule has 7 heteroatoms. The minimum Gasteiger partial charge on any atom is -0.378 e. The average molecular weight is 405 g/mol. The molecule has 0 saturated carbocycles. The van der Waals surface area contributed by atoms with Crippen molar-refractivity contribution in [2.24, 2.45) is 0 Å². The van der Waals surface area contributed by atoms with Crippen LogP contribution in [0, 0.1) is 11.6 Å². The van der Waals surface area contributed by atoms with E-state index in [9.17, 15) is 8.78 Å². The van der Waals surface area contributed by atoms with Gasteiger partial charge in [0, 0.05) is 62.4 Å². The van der Waals surface area contributed by atoms with Gasteiger partial charge in [-0.05, 0) is 13.0 Å². The van der Waals surface area contributed by atoms with Crippen molar-refractivity contribution in [1.29, 1.82) is 0 Å². The van der Waals surface area contributed by atoms with Crippen LogP contribution in [0.3, 0.4) is 0 Å².